The topological polar surface area (TPSA) is 69.4 Å². The van der Waals surface area contributed by atoms with Crippen LogP contribution >= 0.6 is 0 Å². The summed E-state index contributed by atoms with van der Waals surface area (Å²) >= 11 is 0. The number of hydrogen-bond acceptors (Lipinski definition) is 5. The first-order chi connectivity index (χ1) is 13.2. The molecule has 0 unspecified atom stereocenters. The molecule has 0 radical (unpaired) electrons. The van der Waals surface area contributed by atoms with Gasteiger partial charge in [-0.3, -0.25) is 0 Å². The average Bonchev–Trinajstić information content (AvgIpc) is 3.10. The number of benzene rings is 2. The van der Waals surface area contributed by atoms with Gasteiger partial charge in [0.15, 0.2) is 0 Å². The highest BCUT2D eigenvalue weighted by molar-refractivity contribution is 5.75. The number of fused-ring (bicyclic) bond motifs is 1. The third-order valence-electron chi connectivity index (χ3n) is 4.52. The molecule has 0 aliphatic rings. The van der Waals surface area contributed by atoms with E-state index in [1.807, 2.05) is 24.3 Å². The van der Waals surface area contributed by atoms with Gasteiger partial charge in [0.1, 0.15) is 34.0 Å². The fourth-order valence-corrected chi connectivity index (χ4v) is 2.96. The molecule has 0 spiro atoms. The van der Waals surface area contributed by atoms with Crippen LogP contribution < -0.4 is 9.47 Å². The molecule has 6 heteroatoms. The first-order valence-corrected chi connectivity index (χ1v) is 9.58. The maximum absolute atomic E-state index is 10.4. The van der Waals surface area contributed by atoms with Crippen molar-refractivity contribution in [1.29, 1.82) is 0 Å². The van der Waals surface area contributed by atoms with E-state index in [1.165, 1.54) is 36.9 Å². The molecule has 1 N–H and O–H groups in total. The Morgan fingerprint density at radius 1 is 0.889 bits per heavy atom. The summed E-state index contributed by atoms with van der Waals surface area (Å²) in [6.45, 7) is 2.88. The number of phenols is 1. The Hall–Kier alpha value is -2.76. The van der Waals surface area contributed by atoms with Gasteiger partial charge in [-0.25, -0.2) is 0 Å². The summed E-state index contributed by atoms with van der Waals surface area (Å²) in [5.74, 6) is 1.46. The van der Waals surface area contributed by atoms with E-state index in [4.69, 9.17) is 9.47 Å². The van der Waals surface area contributed by atoms with Crippen molar-refractivity contribution in [2.24, 2.45) is 0 Å². The lowest BCUT2D eigenvalue weighted by Gasteiger charge is -2.08. The van der Waals surface area contributed by atoms with Gasteiger partial charge in [-0.2, -0.15) is 0 Å². The Bertz CT molecular complexity index is 876. The van der Waals surface area contributed by atoms with Crippen LogP contribution in [-0.2, 0) is 0 Å². The minimum absolute atomic E-state index is 0.0858. The molecule has 3 rings (SSSR count). The van der Waals surface area contributed by atoms with Crippen molar-refractivity contribution in [2.75, 3.05) is 13.7 Å². The molecule has 3 aromatic rings. The average molecular weight is 369 g/mol. The van der Waals surface area contributed by atoms with Crippen LogP contribution in [0, 0.1) is 0 Å². The maximum Gasteiger partial charge on any atom is 0.146 e. The minimum atomic E-state index is 0.0858. The van der Waals surface area contributed by atoms with Crippen LogP contribution in [-0.4, -0.2) is 33.8 Å². The number of aromatic hydroxyl groups is 1. The van der Waals surface area contributed by atoms with Crippen LogP contribution in [0.5, 0.6) is 17.2 Å². The summed E-state index contributed by atoms with van der Waals surface area (Å²) in [4.78, 5) is 1.43. The molecular formula is C21H27N3O3. The SMILES string of the molecule is CCCCCCCCOc1ccc(-n2nc3ccc(OC)cc3n2)c(O)c1. The zero-order valence-corrected chi connectivity index (χ0v) is 16.0. The Labute approximate surface area is 159 Å². The van der Waals surface area contributed by atoms with Gasteiger partial charge in [0.25, 0.3) is 0 Å². The second kappa shape index (κ2) is 9.26. The Kier molecular flexibility index (Phi) is 6.52. The summed E-state index contributed by atoms with van der Waals surface area (Å²) in [6.07, 6.45) is 7.32. The fourth-order valence-electron chi connectivity index (χ4n) is 2.96. The van der Waals surface area contributed by atoms with Gasteiger partial charge in [-0.05, 0) is 30.7 Å². The van der Waals surface area contributed by atoms with E-state index >= 15 is 0 Å². The van der Waals surface area contributed by atoms with Crippen molar-refractivity contribution in [3.8, 4) is 22.9 Å². The molecule has 1 aromatic heterocycles. The highest BCUT2D eigenvalue weighted by atomic mass is 16.5. The molecular weight excluding hydrogens is 342 g/mol. The maximum atomic E-state index is 10.4. The molecule has 0 atom stereocenters. The van der Waals surface area contributed by atoms with E-state index < -0.39 is 0 Å². The minimum Gasteiger partial charge on any atom is -0.505 e. The van der Waals surface area contributed by atoms with Gasteiger partial charge >= 0.3 is 0 Å². The highest BCUT2D eigenvalue weighted by Crippen LogP contribution is 2.27. The van der Waals surface area contributed by atoms with E-state index in [-0.39, 0.29) is 5.75 Å². The third kappa shape index (κ3) is 4.90. The number of aromatic nitrogens is 3. The molecule has 0 aliphatic heterocycles. The smallest absolute Gasteiger partial charge is 0.146 e. The molecule has 0 fully saturated rings. The molecule has 0 saturated carbocycles. The monoisotopic (exact) mass is 369 g/mol. The van der Waals surface area contributed by atoms with Crippen molar-refractivity contribution in [3.63, 3.8) is 0 Å². The highest BCUT2D eigenvalue weighted by Gasteiger charge is 2.10. The quantitative estimate of drug-likeness (QED) is 0.516. The van der Waals surface area contributed by atoms with E-state index in [1.54, 1.807) is 19.2 Å². The van der Waals surface area contributed by atoms with Crippen LogP contribution in [0.25, 0.3) is 16.7 Å². The van der Waals surface area contributed by atoms with Crippen LogP contribution in [0.4, 0.5) is 0 Å². The van der Waals surface area contributed by atoms with E-state index in [2.05, 4.69) is 17.1 Å². The van der Waals surface area contributed by atoms with Crippen LogP contribution in [0.1, 0.15) is 45.4 Å². The molecule has 6 nitrogen and oxygen atoms in total. The van der Waals surface area contributed by atoms with Crippen molar-refractivity contribution in [2.45, 2.75) is 45.4 Å². The van der Waals surface area contributed by atoms with Gasteiger partial charge in [0.05, 0.1) is 13.7 Å². The standard InChI is InChI=1S/C21H27N3O3/c1-3-4-5-6-7-8-13-27-17-10-12-20(21(25)15-17)24-22-18-11-9-16(26-2)14-19(18)23-24/h9-12,14-15,25H,3-8,13H2,1-2H3. The second-order valence-electron chi connectivity index (χ2n) is 6.61. The summed E-state index contributed by atoms with van der Waals surface area (Å²) in [7, 11) is 1.61. The molecule has 27 heavy (non-hydrogen) atoms. The summed E-state index contributed by atoms with van der Waals surface area (Å²) in [5, 5.41) is 19.2. The molecule has 2 aromatic carbocycles. The predicted octanol–water partition coefficient (Wildman–Crippen LogP) is 4.87. The lowest BCUT2D eigenvalue weighted by atomic mass is 10.1. The van der Waals surface area contributed by atoms with Gasteiger partial charge in [-0.15, -0.1) is 15.0 Å². The number of phenolic OH excluding ortho intramolecular Hbond substituents is 1. The second-order valence-corrected chi connectivity index (χ2v) is 6.61. The fraction of sp³-hybridized carbons (Fsp3) is 0.429. The van der Waals surface area contributed by atoms with Crippen molar-refractivity contribution in [1.82, 2.24) is 15.0 Å². The first kappa shape index (κ1) is 19.0. The van der Waals surface area contributed by atoms with E-state index in [9.17, 15) is 5.11 Å². The Morgan fingerprint density at radius 3 is 2.41 bits per heavy atom. The van der Waals surface area contributed by atoms with Crippen LogP contribution in [0.2, 0.25) is 0 Å². The van der Waals surface area contributed by atoms with Crippen LogP contribution in [0.3, 0.4) is 0 Å². The Morgan fingerprint density at radius 2 is 1.63 bits per heavy atom. The lowest BCUT2D eigenvalue weighted by Crippen LogP contribution is -2.01. The Balaban J connectivity index is 1.61. The number of hydrogen-bond donors (Lipinski definition) is 1. The van der Waals surface area contributed by atoms with E-state index in [0.29, 0.717) is 23.6 Å². The molecule has 1 heterocycles. The zero-order valence-electron chi connectivity index (χ0n) is 16.0. The third-order valence-corrected chi connectivity index (χ3v) is 4.52. The number of unbranched alkanes of at least 4 members (excludes halogenated alkanes) is 5. The lowest BCUT2D eigenvalue weighted by molar-refractivity contribution is 0.302. The summed E-state index contributed by atoms with van der Waals surface area (Å²) in [6, 6.07) is 10.7. The normalized spacial score (nSPS) is 11.0. The van der Waals surface area contributed by atoms with Gasteiger partial charge in [0, 0.05) is 12.1 Å². The van der Waals surface area contributed by atoms with Gasteiger partial charge in [-0.1, -0.05) is 39.0 Å². The number of rotatable bonds is 10. The van der Waals surface area contributed by atoms with Gasteiger partial charge < -0.3 is 14.6 Å². The number of methoxy groups -OCH3 is 1. The van der Waals surface area contributed by atoms with Crippen molar-refractivity contribution in [3.05, 3.63) is 36.4 Å². The largest absolute Gasteiger partial charge is 0.505 e. The number of nitrogens with zero attached hydrogens (tertiary/aromatic N) is 3. The summed E-state index contributed by atoms with van der Waals surface area (Å²) < 4.78 is 11.0. The molecule has 0 amide bonds. The van der Waals surface area contributed by atoms with Crippen LogP contribution in [0.15, 0.2) is 36.4 Å². The first-order valence-electron chi connectivity index (χ1n) is 9.58. The van der Waals surface area contributed by atoms with Crippen molar-refractivity contribution >= 4 is 11.0 Å². The van der Waals surface area contributed by atoms with Gasteiger partial charge in [0.2, 0.25) is 0 Å². The number of ether oxygens (including phenoxy) is 2. The molecule has 0 saturated heterocycles. The zero-order chi connectivity index (χ0) is 19.1. The predicted molar refractivity (Wildman–Crippen MR) is 106 cm³/mol. The van der Waals surface area contributed by atoms with Crippen molar-refractivity contribution < 1.29 is 14.6 Å². The molecule has 144 valence electrons. The summed E-state index contributed by atoms with van der Waals surface area (Å²) in [5.41, 5.74) is 1.95. The van der Waals surface area contributed by atoms with E-state index in [0.717, 1.165) is 17.7 Å². The molecule has 0 bridgehead atoms. The molecule has 0 aliphatic carbocycles.